The summed E-state index contributed by atoms with van der Waals surface area (Å²) in [7, 11) is 0. The molecule has 0 bridgehead atoms. The number of hydrogen-bond donors (Lipinski definition) is 0. The molecule has 0 N–H and O–H groups in total. The van der Waals surface area contributed by atoms with E-state index in [0.717, 1.165) is 77.0 Å². The van der Waals surface area contributed by atoms with Crippen molar-refractivity contribution < 1.29 is 28.6 Å². The Morgan fingerprint density at radius 2 is 0.586 bits per heavy atom. The van der Waals surface area contributed by atoms with Crippen LogP contribution < -0.4 is 0 Å². The average molecular weight is 817 g/mol. The van der Waals surface area contributed by atoms with Crippen molar-refractivity contribution in [3.63, 3.8) is 0 Å². The topological polar surface area (TPSA) is 78.9 Å². The minimum absolute atomic E-state index is 0.0738. The second kappa shape index (κ2) is 47.6. The predicted molar refractivity (Wildman–Crippen MR) is 247 cm³/mol. The molecule has 0 saturated carbocycles. The number of carbonyl (C=O) groups is 3. The number of ether oxygens (including phenoxy) is 3. The van der Waals surface area contributed by atoms with Crippen LogP contribution in [0.25, 0.3) is 0 Å². The summed E-state index contributed by atoms with van der Waals surface area (Å²) < 4.78 is 16.7. The van der Waals surface area contributed by atoms with E-state index in [2.05, 4.69) is 45.1 Å². The van der Waals surface area contributed by atoms with E-state index in [1.54, 1.807) is 0 Å². The molecule has 6 heteroatoms. The van der Waals surface area contributed by atoms with Crippen LogP contribution in [0, 0.1) is 0 Å². The van der Waals surface area contributed by atoms with Gasteiger partial charge in [-0.15, -0.1) is 0 Å². The lowest BCUT2D eigenvalue weighted by molar-refractivity contribution is -0.167. The minimum atomic E-state index is -0.773. The van der Waals surface area contributed by atoms with E-state index >= 15 is 0 Å². The zero-order valence-electron chi connectivity index (χ0n) is 38.8. The molecule has 0 aliphatic heterocycles. The maximum Gasteiger partial charge on any atom is 0.306 e. The molecule has 0 amide bonds. The second-order valence-corrected chi connectivity index (χ2v) is 17.1. The lowest BCUT2D eigenvalue weighted by Gasteiger charge is -2.18. The maximum atomic E-state index is 12.7. The van der Waals surface area contributed by atoms with E-state index in [0.29, 0.717) is 19.3 Å². The van der Waals surface area contributed by atoms with Crippen LogP contribution >= 0.6 is 0 Å². The molecule has 340 valence electrons. The molecular formula is C52H96O6. The van der Waals surface area contributed by atoms with Gasteiger partial charge in [-0.1, -0.05) is 218 Å². The first kappa shape index (κ1) is 55.9. The van der Waals surface area contributed by atoms with Gasteiger partial charge in [-0.05, 0) is 57.8 Å². The fourth-order valence-corrected chi connectivity index (χ4v) is 7.29. The quantitative estimate of drug-likeness (QED) is 0.0263. The summed E-state index contributed by atoms with van der Waals surface area (Å²) in [5, 5.41) is 0. The van der Waals surface area contributed by atoms with E-state index in [-0.39, 0.29) is 31.1 Å². The van der Waals surface area contributed by atoms with Crippen molar-refractivity contribution in [3.8, 4) is 0 Å². The smallest absolute Gasteiger partial charge is 0.306 e. The van der Waals surface area contributed by atoms with Crippen LogP contribution in [0.2, 0.25) is 0 Å². The van der Waals surface area contributed by atoms with Crippen molar-refractivity contribution in [2.24, 2.45) is 0 Å². The first-order valence-electron chi connectivity index (χ1n) is 25.3. The van der Waals surface area contributed by atoms with Crippen molar-refractivity contribution in [2.45, 2.75) is 277 Å². The van der Waals surface area contributed by atoms with Crippen LogP contribution in [0.4, 0.5) is 0 Å². The van der Waals surface area contributed by atoms with Crippen LogP contribution in [0.3, 0.4) is 0 Å². The third-order valence-corrected chi connectivity index (χ3v) is 11.2. The molecule has 0 unspecified atom stereocenters. The van der Waals surface area contributed by atoms with Crippen molar-refractivity contribution in [2.75, 3.05) is 13.2 Å². The fourth-order valence-electron chi connectivity index (χ4n) is 7.29. The van der Waals surface area contributed by atoms with Crippen molar-refractivity contribution in [1.29, 1.82) is 0 Å². The Morgan fingerprint density at radius 3 is 0.914 bits per heavy atom. The Balaban J connectivity index is 4.27. The Kier molecular flexibility index (Phi) is 45.8. The van der Waals surface area contributed by atoms with Gasteiger partial charge >= 0.3 is 17.9 Å². The van der Waals surface area contributed by atoms with Gasteiger partial charge in [0.1, 0.15) is 13.2 Å². The van der Waals surface area contributed by atoms with Gasteiger partial charge in [-0.25, -0.2) is 0 Å². The molecule has 0 aromatic rings. The Bertz CT molecular complexity index is 942. The number of esters is 3. The third-order valence-electron chi connectivity index (χ3n) is 11.2. The fraction of sp³-hybridized carbons (Fsp3) is 0.865. The lowest BCUT2D eigenvalue weighted by Crippen LogP contribution is -2.30. The number of unbranched alkanes of at least 4 members (excludes halogenated alkanes) is 31. The molecule has 0 aromatic heterocycles. The lowest BCUT2D eigenvalue weighted by atomic mass is 10.0. The summed E-state index contributed by atoms with van der Waals surface area (Å²) in [5.74, 6) is -0.884. The van der Waals surface area contributed by atoms with E-state index in [9.17, 15) is 14.4 Å². The van der Waals surface area contributed by atoms with Crippen LogP contribution in [0.5, 0.6) is 0 Å². The molecule has 58 heavy (non-hydrogen) atoms. The molecule has 0 radical (unpaired) electrons. The summed E-state index contributed by atoms with van der Waals surface area (Å²) in [4.78, 5) is 37.8. The highest BCUT2D eigenvalue weighted by atomic mass is 16.6. The third kappa shape index (κ3) is 45.0. The summed E-state index contributed by atoms with van der Waals surface area (Å²) in [6, 6.07) is 0. The number of allylic oxidation sites excluding steroid dienone is 4. The zero-order chi connectivity index (χ0) is 42.3. The summed E-state index contributed by atoms with van der Waals surface area (Å²) in [6.07, 6.45) is 53.1. The number of rotatable bonds is 46. The van der Waals surface area contributed by atoms with E-state index in [1.165, 1.54) is 154 Å². The van der Waals surface area contributed by atoms with E-state index < -0.39 is 6.10 Å². The number of carbonyl (C=O) groups excluding carboxylic acids is 3. The highest BCUT2D eigenvalue weighted by molar-refractivity contribution is 5.71. The molecule has 0 spiro atoms. The van der Waals surface area contributed by atoms with Gasteiger partial charge in [0, 0.05) is 19.3 Å². The van der Waals surface area contributed by atoms with Crippen LogP contribution in [0.15, 0.2) is 24.3 Å². The van der Waals surface area contributed by atoms with E-state index in [4.69, 9.17) is 14.2 Å². The molecule has 0 saturated heterocycles. The second-order valence-electron chi connectivity index (χ2n) is 17.1. The largest absolute Gasteiger partial charge is 0.462 e. The molecule has 1 atom stereocenters. The highest BCUT2D eigenvalue weighted by Gasteiger charge is 2.19. The number of hydrogen-bond acceptors (Lipinski definition) is 6. The Hall–Kier alpha value is -2.11. The van der Waals surface area contributed by atoms with Gasteiger partial charge in [0.05, 0.1) is 0 Å². The van der Waals surface area contributed by atoms with Gasteiger partial charge in [-0.2, -0.15) is 0 Å². The van der Waals surface area contributed by atoms with Gasteiger partial charge in [0.25, 0.3) is 0 Å². The standard InChI is InChI=1S/C52H96O6/c1-4-7-10-13-16-19-22-23-24-25-26-27-28-31-33-36-39-42-45-51(54)57-48-49(58-52(55)46-43-40-37-34-30-21-18-15-12-9-6-3)47-56-50(53)44-41-38-35-32-29-20-17-14-11-8-5-2/h14-15,17-18,49H,4-13,16,19-48H2,1-3H3/b17-14-,18-15-/t49-/m1/s1. The normalized spacial score (nSPS) is 12.1. The minimum Gasteiger partial charge on any atom is -0.462 e. The molecule has 0 heterocycles. The Labute approximate surface area is 360 Å². The average Bonchev–Trinajstić information content (AvgIpc) is 3.22. The summed E-state index contributed by atoms with van der Waals surface area (Å²) in [6.45, 7) is 6.57. The van der Waals surface area contributed by atoms with Crippen LogP contribution in [0.1, 0.15) is 271 Å². The first-order valence-corrected chi connectivity index (χ1v) is 25.3. The van der Waals surface area contributed by atoms with Crippen molar-refractivity contribution in [1.82, 2.24) is 0 Å². The van der Waals surface area contributed by atoms with Crippen molar-refractivity contribution >= 4 is 17.9 Å². The van der Waals surface area contributed by atoms with Gasteiger partial charge in [-0.3, -0.25) is 14.4 Å². The molecule has 0 aromatic carbocycles. The van der Waals surface area contributed by atoms with Crippen LogP contribution in [-0.2, 0) is 28.6 Å². The van der Waals surface area contributed by atoms with Crippen molar-refractivity contribution in [3.05, 3.63) is 24.3 Å². The van der Waals surface area contributed by atoms with Gasteiger partial charge in [0.2, 0.25) is 0 Å². The molecular weight excluding hydrogens is 721 g/mol. The summed E-state index contributed by atoms with van der Waals surface area (Å²) >= 11 is 0. The van der Waals surface area contributed by atoms with Gasteiger partial charge < -0.3 is 14.2 Å². The molecule has 0 aliphatic carbocycles. The maximum absolute atomic E-state index is 12.7. The summed E-state index contributed by atoms with van der Waals surface area (Å²) in [5.41, 5.74) is 0. The monoisotopic (exact) mass is 817 g/mol. The predicted octanol–water partition coefficient (Wildman–Crippen LogP) is 16.4. The zero-order valence-corrected chi connectivity index (χ0v) is 38.8. The molecule has 6 nitrogen and oxygen atoms in total. The van der Waals surface area contributed by atoms with Crippen LogP contribution in [-0.4, -0.2) is 37.2 Å². The molecule has 0 aliphatic rings. The Morgan fingerprint density at radius 1 is 0.328 bits per heavy atom. The van der Waals surface area contributed by atoms with Gasteiger partial charge in [0.15, 0.2) is 6.10 Å². The highest BCUT2D eigenvalue weighted by Crippen LogP contribution is 2.16. The SMILES string of the molecule is CCCC/C=C\CCCCCCCC(=O)OC[C@H](COC(=O)CCCCCCCCCCCCCCCCCCCC)OC(=O)CCCCCCC/C=C\CCCC. The molecule has 0 fully saturated rings. The molecule has 0 rings (SSSR count). The first-order chi connectivity index (χ1) is 28.5. The van der Waals surface area contributed by atoms with E-state index in [1.807, 2.05) is 0 Å².